The zero-order valence-electron chi connectivity index (χ0n) is 12.4. The fourth-order valence-corrected chi connectivity index (χ4v) is 1.78. The second-order valence-corrected chi connectivity index (χ2v) is 4.25. The molecule has 0 radical (unpaired) electrons. The van der Waals surface area contributed by atoms with E-state index in [2.05, 4.69) is 10.3 Å². The summed E-state index contributed by atoms with van der Waals surface area (Å²) in [5.74, 6) is -1.45. The highest BCUT2D eigenvalue weighted by molar-refractivity contribution is 6.14. The number of rotatable bonds is 6. The van der Waals surface area contributed by atoms with Gasteiger partial charge in [0, 0.05) is 24.8 Å². The molecule has 2 heterocycles. The molecule has 0 spiro atoms. The molecule has 116 valence electrons. The Bertz CT molecular complexity index is 686. The molecule has 0 unspecified atom stereocenters. The number of hydrogen-bond donors (Lipinski definition) is 1. The fourth-order valence-electron chi connectivity index (χ4n) is 1.78. The maximum Gasteiger partial charge on any atom is 0.347 e. The van der Waals surface area contributed by atoms with Crippen LogP contribution in [-0.4, -0.2) is 34.5 Å². The van der Waals surface area contributed by atoms with Crippen molar-refractivity contribution in [1.82, 2.24) is 9.38 Å². The molecule has 7 heteroatoms. The van der Waals surface area contributed by atoms with Crippen LogP contribution < -0.4 is 5.32 Å². The number of anilines is 1. The molecule has 0 atom stereocenters. The Kier molecular flexibility index (Phi) is 5.13. The average Bonchev–Trinajstić information content (AvgIpc) is 2.95. The van der Waals surface area contributed by atoms with Crippen LogP contribution in [0.1, 0.15) is 13.8 Å². The van der Waals surface area contributed by atoms with Crippen LogP contribution in [0.5, 0.6) is 0 Å². The van der Waals surface area contributed by atoms with Crippen molar-refractivity contribution in [2.45, 2.75) is 13.8 Å². The predicted octanol–water partition coefficient (Wildman–Crippen LogP) is 1.76. The third-order valence-corrected chi connectivity index (χ3v) is 2.76. The number of hydrogen-bond acceptors (Lipinski definition) is 6. The number of nitrogens with zero attached hydrogens (tertiary/aromatic N) is 2. The highest BCUT2D eigenvalue weighted by Gasteiger charge is 2.20. The van der Waals surface area contributed by atoms with Crippen molar-refractivity contribution < 1.29 is 19.1 Å². The van der Waals surface area contributed by atoms with Gasteiger partial charge in [0.15, 0.2) is 5.57 Å². The van der Waals surface area contributed by atoms with E-state index in [1.165, 1.54) is 6.20 Å². The van der Waals surface area contributed by atoms with Gasteiger partial charge in [0.05, 0.1) is 18.9 Å². The van der Waals surface area contributed by atoms with Gasteiger partial charge in [-0.2, -0.15) is 0 Å². The maximum absolute atomic E-state index is 11.8. The maximum atomic E-state index is 11.8. The summed E-state index contributed by atoms with van der Waals surface area (Å²) in [5, 5.41) is 2.89. The Labute approximate surface area is 127 Å². The Hall–Kier alpha value is -2.83. The lowest BCUT2D eigenvalue weighted by Crippen LogP contribution is -2.19. The van der Waals surface area contributed by atoms with Crippen molar-refractivity contribution in [2.75, 3.05) is 18.5 Å². The number of nitrogens with one attached hydrogen (secondary N) is 1. The van der Waals surface area contributed by atoms with Gasteiger partial charge in [0.2, 0.25) is 0 Å². The predicted molar refractivity (Wildman–Crippen MR) is 80.2 cm³/mol. The Morgan fingerprint density at radius 2 is 1.91 bits per heavy atom. The average molecular weight is 303 g/mol. The van der Waals surface area contributed by atoms with Crippen molar-refractivity contribution in [3.63, 3.8) is 0 Å². The first-order valence-electron chi connectivity index (χ1n) is 6.89. The molecule has 2 aromatic heterocycles. The first-order valence-corrected chi connectivity index (χ1v) is 6.89. The van der Waals surface area contributed by atoms with Gasteiger partial charge in [-0.05, 0) is 26.0 Å². The normalized spacial score (nSPS) is 10.1. The molecule has 0 bridgehead atoms. The summed E-state index contributed by atoms with van der Waals surface area (Å²) in [4.78, 5) is 27.7. The minimum atomic E-state index is -0.725. The van der Waals surface area contributed by atoms with Gasteiger partial charge in [-0.1, -0.05) is 0 Å². The smallest absolute Gasteiger partial charge is 0.347 e. The first-order chi connectivity index (χ1) is 10.7. The summed E-state index contributed by atoms with van der Waals surface area (Å²) in [5.41, 5.74) is 1.30. The molecule has 0 aliphatic carbocycles. The van der Waals surface area contributed by atoms with E-state index in [1.807, 2.05) is 10.5 Å². The minimum absolute atomic E-state index is 0.177. The van der Waals surface area contributed by atoms with Gasteiger partial charge in [-0.15, -0.1) is 0 Å². The SMILES string of the molecule is CCOC(=O)C(=CNc1ccc2nccn2c1)C(=O)OCC. The van der Waals surface area contributed by atoms with Crippen LogP contribution in [0.4, 0.5) is 5.69 Å². The second kappa shape index (κ2) is 7.26. The van der Waals surface area contributed by atoms with Crippen molar-refractivity contribution in [2.24, 2.45) is 0 Å². The summed E-state index contributed by atoms with van der Waals surface area (Å²) in [6.07, 6.45) is 6.54. The molecular weight excluding hydrogens is 286 g/mol. The largest absolute Gasteiger partial charge is 0.462 e. The minimum Gasteiger partial charge on any atom is -0.462 e. The molecular formula is C15H17N3O4. The number of esters is 2. The van der Waals surface area contributed by atoms with E-state index in [9.17, 15) is 9.59 Å². The van der Waals surface area contributed by atoms with Gasteiger partial charge >= 0.3 is 11.9 Å². The Morgan fingerprint density at radius 1 is 1.23 bits per heavy atom. The van der Waals surface area contributed by atoms with E-state index in [1.54, 1.807) is 38.5 Å². The van der Waals surface area contributed by atoms with Gasteiger partial charge in [-0.3, -0.25) is 0 Å². The molecule has 0 aliphatic heterocycles. The number of ether oxygens (including phenoxy) is 2. The molecule has 0 aromatic carbocycles. The summed E-state index contributed by atoms with van der Waals surface area (Å²) in [6.45, 7) is 3.69. The molecule has 0 saturated carbocycles. The number of aromatic nitrogens is 2. The van der Waals surface area contributed by atoms with E-state index >= 15 is 0 Å². The van der Waals surface area contributed by atoms with Crippen molar-refractivity contribution >= 4 is 23.3 Å². The zero-order chi connectivity index (χ0) is 15.9. The van der Waals surface area contributed by atoms with Gasteiger partial charge in [-0.25, -0.2) is 14.6 Å². The van der Waals surface area contributed by atoms with E-state index in [0.717, 1.165) is 5.65 Å². The van der Waals surface area contributed by atoms with Crippen molar-refractivity contribution in [1.29, 1.82) is 0 Å². The van der Waals surface area contributed by atoms with Crippen LogP contribution in [-0.2, 0) is 19.1 Å². The van der Waals surface area contributed by atoms with E-state index < -0.39 is 11.9 Å². The Balaban J connectivity index is 2.20. The molecule has 0 fully saturated rings. The summed E-state index contributed by atoms with van der Waals surface area (Å²) >= 11 is 0. The van der Waals surface area contributed by atoms with Crippen LogP contribution >= 0.6 is 0 Å². The number of carbonyl (C=O) groups is 2. The van der Waals surface area contributed by atoms with Crippen LogP contribution in [0.3, 0.4) is 0 Å². The van der Waals surface area contributed by atoms with Gasteiger partial charge < -0.3 is 19.2 Å². The third-order valence-electron chi connectivity index (χ3n) is 2.76. The first kappa shape index (κ1) is 15.6. The molecule has 2 aromatic rings. The molecule has 2 rings (SSSR count). The zero-order valence-corrected chi connectivity index (χ0v) is 12.4. The molecule has 0 amide bonds. The number of pyridine rings is 1. The number of imidazole rings is 1. The molecule has 0 aliphatic rings. The van der Waals surface area contributed by atoms with Crippen LogP contribution in [0, 0.1) is 0 Å². The lowest BCUT2D eigenvalue weighted by molar-refractivity contribution is -0.146. The van der Waals surface area contributed by atoms with Crippen LogP contribution in [0.25, 0.3) is 5.65 Å². The lowest BCUT2D eigenvalue weighted by Gasteiger charge is -2.08. The summed E-state index contributed by atoms with van der Waals surface area (Å²) in [7, 11) is 0. The lowest BCUT2D eigenvalue weighted by atomic mass is 10.3. The molecule has 22 heavy (non-hydrogen) atoms. The van der Waals surface area contributed by atoms with Crippen molar-refractivity contribution in [3.05, 3.63) is 42.5 Å². The van der Waals surface area contributed by atoms with E-state index in [0.29, 0.717) is 5.69 Å². The van der Waals surface area contributed by atoms with Crippen molar-refractivity contribution in [3.8, 4) is 0 Å². The molecule has 7 nitrogen and oxygen atoms in total. The fraction of sp³-hybridized carbons (Fsp3) is 0.267. The summed E-state index contributed by atoms with van der Waals surface area (Å²) < 4.78 is 11.5. The molecule has 1 N–H and O–H groups in total. The monoisotopic (exact) mass is 303 g/mol. The van der Waals surface area contributed by atoms with Crippen LogP contribution in [0.2, 0.25) is 0 Å². The topological polar surface area (TPSA) is 81.9 Å². The highest BCUT2D eigenvalue weighted by atomic mass is 16.6. The molecule has 0 saturated heterocycles. The quantitative estimate of drug-likeness (QED) is 0.379. The van der Waals surface area contributed by atoms with Crippen LogP contribution in [0.15, 0.2) is 42.5 Å². The third kappa shape index (κ3) is 3.63. The standard InChI is InChI=1S/C15H17N3O4/c1-3-21-14(19)12(15(20)22-4-2)9-17-11-5-6-13-16-7-8-18(13)10-11/h5-10,17H,3-4H2,1-2H3. The number of carbonyl (C=O) groups excluding carboxylic acids is 2. The highest BCUT2D eigenvalue weighted by Crippen LogP contribution is 2.11. The van der Waals surface area contributed by atoms with Gasteiger partial charge in [0.1, 0.15) is 5.65 Å². The Morgan fingerprint density at radius 3 is 2.55 bits per heavy atom. The van der Waals surface area contributed by atoms with Gasteiger partial charge in [0.25, 0.3) is 0 Å². The van der Waals surface area contributed by atoms with E-state index in [-0.39, 0.29) is 18.8 Å². The number of fused-ring (bicyclic) bond motifs is 1. The second-order valence-electron chi connectivity index (χ2n) is 4.25. The summed E-state index contributed by atoms with van der Waals surface area (Å²) in [6, 6.07) is 3.59. The van der Waals surface area contributed by atoms with E-state index in [4.69, 9.17) is 9.47 Å².